The van der Waals surface area contributed by atoms with Crippen molar-refractivity contribution in [1.29, 1.82) is 0 Å². The lowest BCUT2D eigenvalue weighted by atomic mass is 9.82. The zero-order valence-electron chi connectivity index (χ0n) is 15.8. The summed E-state index contributed by atoms with van der Waals surface area (Å²) in [5.41, 5.74) is 0. The number of tetrazole rings is 1. The number of carbonyl (C=O) groups excluding carboxylic acids is 1. The molecule has 1 amide bonds. The van der Waals surface area contributed by atoms with Gasteiger partial charge in [-0.1, -0.05) is 20.3 Å². The van der Waals surface area contributed by atoms with Gasteiger partial charge in [0.25, 0.3) is 0 Å². The molecule has 1 aromatic rings. The molecule has 7 heteroatoms. The van der Waals surface area contributed by atoms with Gasteiger partial charge in [-0.05, 0) is 60.9 Å². The fourth-order valence-corrected chi connectivity index (χ4v) is 4.05. The predicted molar refractivity (Wildman–Crippen MR) is 95.8 cm³/mol. The molecular formula is C18H32N6O. The molecule has 1 aromatic heterocycles. The van der Waals surface area contributed by atoms with Gasteiger partial charge in [0.1, 0.15) is 5.82 Å². The Morgan fingerprint density at radius 2 is 2.08 bits per heavy atom. The van der Waals surface area contributed by atoms with E-state index in [1.165, 1.54) is 19.3 Å². The summed E-state index contributed by atoms with van der Waals surface area (Å²) in [6, 6.07) is 0.294. The molecule has 1 N–H and O–H groups in total. The standard InChI is InChI=1S/C18H32N6O/c1-13(2)16-11-23(8-5-9-24-14(3)20-21-22-24)12-17(16)19-18(25)10-15-6-4-7-15/h13,15-17H,4-12H2,1-3H3,(H,19,25)/t16-,17+/m1/s1. The van der Waals surface area contributed by atoms with Crippen LogP contribution in [0.4, 0.5) is 0 Å². The highest BCUT2D eigenvalue weighted by Gasteiger charge is 2.35. The van der Waals surface area contributed by atoms with E-state index < -0.39 is 0 Å². The predicted octanol–water partition coefficient (Wildman–Crippen LogP) is 1.63. The smallest absolute Gasteiger partial charge is 0.220 e. The van der Waals surface area contributed by atoms with Gasteiger partial charge < -0.3 is 10.2 Å². The second kappa shape index (κ2) is 8.25. The first-order chi connectivity index (χ1) is 12.0. The number of carbonyl (C=O) groups is 1. The summed E-state index contributed by atoms with van der Waals surface area (Å²) >= 11 is 0. The summed E-state index contributed by atoms with van der Waals surface area (Å²) in [5, 5.41) is 14.9. The average Bonchev–Trinajstić information content (AvgIpc) is 3.10. The minimum atomic E-state index is 0.256. The Bertz CT molecular complexity index is 568. The number of likely N-dealkylation sites (tertiary alicyclic amines) is 1. The van der Waals surface area contributed by atoms with Crippen LogP contribution in [0.25, 0.3) is 0 Å². The minimum Gasteiger partial charge on any atom is -0.352 e. The van der Waals surface area contributed by atoms with Crippen molar-refractivity contribution in [2.45, 2.75) is 65.5 Å². The lowest BCUT2D eigenvalue weighted by Crippen LogP contribution is -2.43. The quantitative estimate of drug-likeness (QED) is 0.773. The van der Waals surface area contributed by atoms with Crippen molar-refractivity contribution in [3.8, 4) is 0 Å². The monoisotopic (exact) mass is 348 g/mol. The summed E-state index contributed by atoms with van der Waals surface area (Å²) in [7, 11) is 0. The number of rotatable bonds is 8. The highest BCUT2D eigenvalue weighted by atomic mass is 16.1. The van der Waals surface area contributed by atoms with Gasteiger partial charge in [-0.3, -0.25) is 4.79 Å². The topological polar surface area (TPSA) is 75.9 Å². The zero-order valence-corrected chi connectivity index (χ0v) is 15.8. The molecule has 1 saturated carbocycles. The van der Waals surface area contributed by atoms with Gasteiger partial charge in [0.15, 0.2) is 0 Å². The Kier molecular flexibility index (Phi) is 6.04. The van der Waals surface area contributed by atoms with Crippen molar-refractivity contribution >= 4 is 5.91 Å². The lowest BCUT2D eigenvalue weighted by Gasteiger charge is -2.27. The van der Waals surface area contributed by atoms with Crippen LogP contribution in [-0.2, 0) is 11.3 Å². The third-order valence-electron chi connectivity index (χ3n) is 5.90. The second-order valence-electron chi connectivity index (χ2n) is 8.15. The fraction of sp³-hybridized carbons (Fsp3) is 0.889. The third-order valence-corrected chi connectivity index (χ3v) is 5.90. The molecule has 0 bridgehead atoms. The van der Waals surface area contributed by atoms with Gasteiger partial charge in [-0.2, -0.15) is 0 Å². The van der Waals surface area contributed by atoms with E-state index in [9.17, 15) is 4.79 Å². The van der Waals surface area contributed by atoms with Crippen LogP contribution in [-0.4, -0.2) is 56.7 Å². The number of amides is 1. The largest absolute Gasteiger partial charge is 0.352 e. The van der Waals surface area contributed by atoms with Crippen LogP contribution in [0.5, 0.6) is 0 Å². The van der Waals surface area contributed by atoms with Crippen LogP contribution in [0, 0.1) is 24.7 Å². The molecule has 1 aliphatic heterocycles. The van der Waals surface area contributed by atoms with E-state index in [0.717, 1.165) is 44.8 Å². The molecule has 25 heavy (non-hydrogen) atoms. The van der Waals surface area contributed by atoms with E-state index in [0.29, 0.717) is 23.8 Å². The summed E-state index contributed by atoms with van der Waals surface area (Å²) < 4.78 is 1.86. The average molecular weight is 348 g/mol. The summed E-state index contributed by atoms with van der Waals surface area (Å²) in [5.74, 6) is 2.88. The molecule has 0 radical (unpaired) electrons. The number of hydrogen-bond donors (Lipinski definition) is 1. The van der Waals surface area contributed by atoms with Crippen LogP contribution in [0.3, 0.4) is 0 Å². The first-order valence-electron chi connectivity index (χ1n) is 9.77. The molecule has 0 unspecified atom stereocenters. The van der Waals surface area contributed by atoms with E-state index in [4.69, 9.17) is 0 Å². The van der Waals surface area contributed by atoms with Gasteiger partial charge in [0.05, 0.1) is 0 Å². The maximum absolute atomic E-state index is 12.3. The molecule has 0 aromatic carbocycles. The molecule has 2 fully saturated rings. The van der Waals surface area contributed by atoms with Gasteiger partial charge in [-0.15, -0.1) is 5.10 Å². The zero-order chi connectivity index (χ0) is 17.8. The van der Waals surface area contributed by atoms with Crippen molar-refractivity contribution in [1.82, 2.24) is 30.4 Å². The van der Waals surface area contributed by atoms with Gasteiger partial charge >= 0.3 is 0 Å². The first-order valence-corrected chi connectivity index (χ1v) is 9.77. The Labute approximate surface area is 150 Å². The van der Waals surface area contributed by atoms with Crippen LogP contribution in [0.2, 0.25) is 0 Å². The molecule has 1 aliphatic carbocycles. The van der Waals surface area contributed by atoms with Gasteiger partial charge in [-0.25, -0.2) is 4.68 Å². The highest BCUT2D eigenvalue weighted by molar-refractivity contribution is 5.76. The molecule has 2 heterocycles. The molecule has 3 rings (SSSR count). The second-order valence-corrected chi connectivity index (χ2v) is 8.15. The SMILES string of the molecule is Cc1nnnn1CCCN1C[C@H](NC(=O)CC2CCC2)[C@@H](C(C)C)C1. The summed E-state index contributed by atoms with van der Waals surface area (Å²) in [6.45, 7) is 10.4. The normalized spacial score (nSPS) is 24.6. The van der Waals surface area contributed by atoms with Crippen LogP contribution >= 0.6 is 0 Å². The van der Waals surface area contributed by atoms with Crippen molar-refractivity contribution in [3.63, 3.8) is 0 Å². The van der Waals surface area contributed by atoms with E-state index in [-0.39, 0.29) is 5.91 Å². The Hall–Kier alpha value is -1.50. The first kappa shape index (κ1) is 18.3. The molecule has 140 valence electrons. The van der Waals surface area contributed by atoms with Crippen molar-refractivity contribution in [2.75, 3.05) is 19.6 Å². The van der Waals surface area contributed by atoms with E-state index in [2.05, 4.69) is 39.6 Å². The number of nitrogens with one attached hydrogen (secondary N) is 1. The Morgan fingerprint density at radius 1 is 1.28 bits per heavy atom. The molecule has 2 atom stereocenters. The van der Waals surface area contributed by atoms with Crippen LogP contribution < -0.4 is 5.32 Å². The van der Waals surface area contributed by atoms with E-state index in [1.807, 2.05) is 11.6 Å². The fourth-order valence-electron chi connectivity index (χ4n) is 4.05. The van der Waals surface area contributed by atoms with Crippen LogP contribution in [0.1, 0.15) is 51.8 Å². The van der Waals surface area contributed by atoms with Crippen molar-refractivity contribution in [2.24, 2.45) is 17.8 Å². The number of nitrogens with zero attached hydrogens (tertiary/aromatic N) is 5. The van der Waals surface area contributed by atoms with Crippen LogP contribution in [0.15, 0.2) is 0 Å². The molecule has 1 saturated heterocycles. The minimum absolute atomic E-state index is 0.256. The molecule has 2 aliphatic rings. The van der Waals surface area contributed by atoms with E-state index >= 15 is 0 Å². The highest BCUT2D eigenvalue weighted by Crippen LogP contribution is 2.30. The number of aryl methyl sites for hydroxylation is 2. The van der Waals surface area contributed by atoms with Crippen molar-refractivity contribution < 1.29 is 4.79 Å². The molecule has 0 spiro atoms. The van der Waals surface area contributed by atoms with Gasteiger partial charge in [0.2, 0.25) is 5.91 Å². The van der Waals surface area contributed by atoms with E-state index in [1.54, 1.807) is 0 Å². The molecular weight excluding hydrogens is 316 g/mol. The Morgan fingerprint density at radius 3 is 2.68 bits per heavy atom. The lowest BCUT2D eigenvalue weighted by molar-refractivity contribution is -0.123. The maximum atomic E-state index is 12.3. The summed E-state index contributed by atoms with van der Waals surface area (Å²) in [6.07, 6.45) is 5.51. The van der Waals surface area contributed by atoms with Crippen molar-refractivity contribution in [3.05, 3.63) is 5.82 Å². The molecule has 7 nitrogen and oxygen atoms in total. The third kappa shape index (κ3) is 4.77. The number of aromatic nitrogens is 4. The summed E-state index contributed by atoms with van der Waals surface area (Å²) in [4.78, 5) is 14.8. The van der Waals surface area contributed by atoms with Gasteiger partial charge in [0, 0.05) is 32.1 Å². The Balaban J connectivity index is 1.45. The maximum Gasteiger partial charge on any atom is 0.220 e. The number of hydrogen-bond acceptors (Lipinski definition) is 5.